The summed E-state index contributed by atoms with van der Waals surface area (Å²) < 4.78 is 7.10. The van der Waals surface area contributed by atoms with Gasteiger partial charge in [-0.05, 0) is 54.0 Å². The summed E-state index contributed by atoms with van der Waals surface area (Å²) in [6.07, 6.45) is 10.3. The van der Waals surface area contributed by atoms with Crippen LogP contribution < -0.4 is 16.4 Å². The highest BCUT2D eigenvalue weighted by atomic mass is 35.5. The van der Waals surface area contributed by atoms with Crippen LogP contribution in [0.5, 0.6) is 0 Å². The van der Waals surface area contributed by atoms with Gasteiger partial charge in [0.05, 0.1) is 9.92 Å². The number of methoxy groups -OCH3 is 1. The highest BCUT2D eigenvalue weighted by Gasteiger charge is 2.46. The van der Waals surface area contributed by atoms with E-state index in [0.29, 0.717) is 17.4 Å². The minimum Gasteiger partial charge on any atom is -0.382 e. The van der Waals surface area contributed by atoms with Crippen LogP contribution in [0.15, 0.2) is 58.8 Å². The number of aromatic nitrogens is 4. The molecule has 6 rings (SSSR count). The third-order valence-electron chi connectivity index (χ3n) is 7.65. The smallest absolute Gasteiger partial charge is 0.211 e. The SMILES string of the molecule is COCC#Cc1ccc2c(c1)[C@@H](N)C1(CCN(c3ncc(Sc4ccnc(N)c4Cl)c4nccn34)CC1)C2. The van der Waals surface area contributed by atoms with E-state index in [1.807, 2.05) is 22.9 Å². The average Bonchev–Trinajstić information content (AvgIpc) is 3.52. The molecule has 8 nitrogen and oxygen atoms in total. The number of nitrogens with zero attached hydrogens (tertiary/aromatic N) is 5. The molecule has 4 N–H and O–H groups in total. The molecule has 1 aromatic carbocycles. The Morgan fingerprint density at radius 3 is 2.82 bits per heavy atom. The molecule has 1 atom stereocenters. The average molecular weight is 546 g/mol. The molecule has 4 aromatic rings. The molecule has 0 bridgehead atoms. The van der Waals surface area contributed by atoms with Crippen molar-refractivity contribution >= 4 is 40.8 Å². The van der Waals surface area contributed by atoms with Gasteiger partial charge < -0.3 is 21.1 Å². The van der Waals surface area contributed by atoms with Crippen LogP contribution in [0.4, 0.5) is 11.8 Å². The van der Waals surface area contributed by atoms with Gasteiger partial charge in [0.25, 0.3) is 0 Å². The second kappa shape index (κ2) is 10.1. The number of benzene rings is 1. The number of hydrogen-bond donors (Lipinski definition) is 2. The maximum absolute atomic E-state index is 6.90. The van der Waals surface area contributed by atoms with E-state index in [1.54, 1.807) is 19.5 Å². The molecule has 194 valence electrons. The lowest BCUT2D eigenvalue weighted by Crippen LogP contribution is -2.45. The van der Waals surface area contributed by atoms with Crippen molar-refractivity contribution in [2.24, 2.45) is 11.1 Å². The van der Waals surface area contributed by atoms with E-state index in [-0.39, 0.29) is 11.5 Å². The van der Waals surface area contributed by atoms with Gasteiger partial charge >= 0.3 is 0 Å². The van der Waals surface area contributed by atoms with E-state index >= 15 is 0 Å². The van der Waals surface area contributed by atoms with Crippen molar-refractivity contribution in [3.05, 3.63) is 70.8 Å². The number of hydrogen-bond acceptors (Lipinski definition) is 8. The van der Waals surface area contributed by atoms with Crippen molar-refractivity contribution in [1.29, 1.82) is 0 Å². The summed E-state index contributed by atoms with van der Waals surface area (Å²) in [6, 6.07) is 8.30. The van der Waals surface area contributed by atoms with Crippen LogP contribution in [0, 0.1) is 17.3 Å². The number of imidazole rings is 1. The van der Waals surface area contributed by atoms with Crippen molar-refractivity contribution in [2.45, 2.75) is 35.1 Å². The zero-order chi connectivity index (χ0) is 26.3. The normalized spacial score (nSPS) is 18.0. The van der Waals surface area contributed by atoms with E-state index in [2.05, 4.69) is 44.9 Å². The summed E-state index contributed by atoms with van der Waals surface area (Å²) in [5, 5.41) is 0.440. The van der Waals surface area contributed by atoms with Crippen LogP contribution in [-0.4, -0.2) is 46.2 Å². The minimum atomic E-state index is 0.00127. The molecule has 3 aromatic heterocycles. The lowest BCUT2D eigenvalue weighted by Gasteiger charge is -2.42. The van der Waals surface area contributed by atoms with Gasteiger partial charge in [-0.25, -0.2) is 15.0 Å². The van der Waals surface area contributed by atoms with Crippen LogP contribution in [0.2, 0.25) is 5.02 Å². The molecule has 38 heavy (non-hydrogen) atoms. The molecule has 10 heteroatoms. The third kappa shape index (κ3) is 4.37. The van der Waals surface area contributed by atoms with Crippen molar-refractivity contribution in [2.75, 3.05) is 37.4 Å². The van der Waals surface area contributed by atoms with Gasteiger partial charge in [0, 0.05) is 61.5 Å². The summed E-state index contributed by atoms with van der Waals surface area (Å²) in [7, 11) is 1.65. The second-order valence-corrected chi connectivity index (χ2v) is 11.3. The Morgan fingerprint density at radius 1 is 1.16 bits per heavy atom. The fraction of sp³-hybridized carbons (Fsp3) is 0.321. The molecular formula is C28H28ClN7OS. The Labute approximate surface area is 230 Å². The van der Waals surface area contributed by atoms with Crippen LogP contribution in [0.3, 0.4) is 0 Å². The van der Waals surface area contributed by atoms with Crippen LogP contribution >= 0.6 is 23.4 Å². The highest BCUT2D eigenvalue weighted by molar-refractivity contribution is 7.99. The molecule has 1 aliphatic heterocycles. The Hall–Kier alpha value is -3.29. The third-order valence-corrected chi connectivity index (χ3v) is 9.23. The molecule has 0 amide bonds. The molecular weight excluding hydrogens is 518 g/mol. The minimum absolute atomic E-state index is 0.00127. The summed E-state index contributed by atoms with van der Waals surface area (Å²) >= 11 is 7.86. The molecule has 0 radical (unpaired) electrons. The van der Waals surface area contributed by atoms with Crippen LogP contribution in [-0.2, 0) is 11.2 Å². The van der Waals surface area contributed by atoms with Gasteiger partial charge in [0.1, 0.15) is 12.4 Å². The molecule has 1 saturated heterocycles. The van der Waals surface area contributed by atoms with Gasteiger partial charge in [0.15, 0.2) is 5.65 Å². The number of ether oxygens (including phenoxy) is 1. The fourth-order valence-electron chi connectivity index (χ4n) is 5.62. The molecule has 4 heterocycles. The lowest BCUT2D eigenvalue weighted by molar-refractivity contribution is 0.186. The Kier molecular flexibility index (Phi) is 6.66. The van der Waals surface area contributed by atoms with E-state index in [0.717, 1.165) is 59.3 Å². The summed E-state index contributed by atoms with van der Waals surface area (Å²) in [5.41, 5.74) is 17.2. The number of piperidine rings is 1. The van der Waals surface area contributed by atoms with Crippen molar-refractivity contribution in [3.8, 4) is 11.8 Å². The zero-order valence-electron chi connectivity index (χ0n) is 21.0. The number of nitrogen functional groups attached to an aromatic ring is 1. The first kappa shape index (κ1) is 25.0. The highest BCUT2D eigenvalue weighted by Crippen LogP contribution is 2.51. The molecule has 0 saturated carbocycles. The molecule has 1 fully saturated rings. The van der Waals surface area contributed by atoms with E-state index < -0.39 is 0 Å². The topological polar surface area (TPSA) is 108 Å². The Morgan fingerprint density at radius 2 is 2.00 bits per heavy atom. The number of nitrogens with two attached hydrogens (primary N) is 2. The monoisotopic (exact) mass is 545 g/mol. The molecule has 2 aliphatic rings. The zero-order valence-corrected chi connectivity index (χ0v) is 22.6. The predicted molar refractivity (Wildman–Crippen MR) is 150 cm³/mol. The maximum atomic E-state index is 6.90. The summed E-state index contributed by atoms with van der Waals surface area (Å²) in [5.74, 6) is 7.41. The Balaban J connectivity index is 1.20. The first-order valence-corrected chi connectivity index (χ1v) is 13.7. The lowest BCUT2D eigenvalue weighted by atomic mass is 9.73. The quantitative estimate of drug-likeness (QED) is 0.364. The largest absolute Gasteiger partial charge is 0.382 e. The Bertz CT molecular complexity index is 1570. The van der Waals surface area contributed by atoms with Gasteiger partial charge in [0.2, 0.25) is 5.95 Å². The maximum Gasteiger partial charge on any atom is 0.211 e. The van der Waals surface area contributed by atoms with Crippen molar-refractivity contribution in [3.63, 3.8) is 0 Å². The number of anilines is 2. The molecule has 0 unspecified atom stereocenters. The van der Waals surface area contributed by atoms with E-state index in [1.165, 1.54) is 22.9 Å². The van der Waals surface area contributed by atoms with Gasteiger partial charge in [-0.2, -0.15) is 0 Å². The van der Waals surface area contributed by atoms with Gasteiger partial charge in [-0.3, -0.25) is 4.40 Å². The first-order valence-electron chi connectivity index (χ1n) is 12.5. The fourth-order valence-corrected chi connectivity index (χ4v) is 6.76. The van der Waals surface area contributed by atoms with Crippen LogP contribution in [0.25, 0.3) is 5.65 Å². The van der Waals surface area contributed by atoms with Gasteiger partial charge in [-0.1, -0.05) is 41.3 Å². The van der Waals surface area contributed by atoms with Crippen molar-refractivity contribution in [1.82, 2.24) is 19.4 Å². The summed E-state index contributed by atoms with van der Waals surface area (Å²) in [6.45, 7) is 2.18. The number of pyridine rings is 1. The second-order valence-electron chi connectivity index (χ2n) is 9.81. The van der Waals surface area contributed by atoms with E-state index in [9.17, 15) is 0 Å². The molecule has 1 aliphatic carbocycles. The number of halogens is 1. The van der Waals surface area contributed by atoms with Gasteiger partial charge in [-0.15, -0.1) is 0 Å². The van der Waals surface area contributed by atoms with Crippen LogP contribution in [0.1, 0.15) is 35.6 Å². The number of rotatable bonds is 4. The van der Waals surface area contributed by atoms with Crippen molar-refractivity contribution < 1.29 is 4.74 Å². The first-order chi connectivity index (χ1) is 18.5. The predicted octanol–water partition coefficient (Wildman–Crippen LogP) is 4.35. The van der Waals surface area contributed by atoms with E-state index in [4.69, 9.17) is 32.8 Å². The summed E-state index contributed by atoms with van der Waals surface area (Å²) in [4.78, 5) is 17.6. The standard InChI is InChI=1S/C28H28ClN7OS/c1-37-14-2-3-18-4-5-19-16-28(24(30)20(19)15-18)7-11-35(12-8-28)27-34-17-22(26-33-10-13-36(26)27)38-21-6-9-32-25(31)23(21)29/h4-6,9-10,13,15,17,24H,7-8,11-12,14,16,30H2,1H3,(H2,31,32)/t24-/m1/s1. The number of fused-ring (bicyclic) bond motifs is 2. The molecule has 1 spiro atoms.